The van der Waals surface area contributed by atoms with Crippen LogP contribution in [-0.2, 0) is 4.79 Å². The maximum atomic E-state index is 11.8. The van der Waals surface area contributed by atoms with Crippen LogP contribution in [0.15, 0.2) is 33.7 Å². The number of guanidine groups is 1. The van der Waals surface area contributed by atoms with Gasteiger partial charge < -0.3 is 5.32 Å². The van der Waals surface area contributed by atoms with Crippen LogP contribution in [0.4, 0.5) is 0 Å². The van der Waals surface area contributed by atoms with Crippen molar-refractivity contribution in [3.8, 4) is 0 Å². The largest absolute Gasteiger partial charge is 0.354 e. The number of rotatable bonds is 2. The summed E-state index contributed by atoms with van der Waals surface area (Å²) in [4.78, 5) is 16.1. The summed E-state index contributed by atoms with van der Waals surface area (Å²) in [6.07, 6.45) is 0. The average molecular weight is 296 g/mol. The second-order valence-electron chi connectivity index (χ2n) is 4.22. The van der Waals surface area contributed by atoms with Crippen LogP contribution in [0.2, 0.25) is 0 Å². The normalized spacial score (nSPS) is 19.2. The van der Waals surface area contributed by atoms with Gasteiger partial charge in [0.2, 0.25) is 0 Å². The molecule has 4 nitrogen and oxygen atoms in total. The minimum atomic E-state index is -0.450. The lowest BCUT2D eigenvalue weighted by molar-refractivity contribution is -0.120. The van der Waals surface area contributed by atoms with Gasteiger partial charge in [-0.1, -0.05) is 28.1 Å². The van der Waals surface area contributed by atoms with Crippen molar-refractivity contribution in [1.29, 1.82) is 0 Å². The van der Waals surface area contributed by atoms with Crippen molar-refractivity contribution in [3.05, 3.63) is 34.3 Å². The molecule has 1 aliphatic heterocycles. The van der Waals surface area contributed by atoms with Gasteiger partial charge in [-0.2, -0.15) is 0 Å². The van der Waals surface area contributed by atoms with Gasteiger partial charge in [0, 0.05) is 10.5 Å². The lowest BCUT2D eigenvalue weighted by Gasteiger charge is -2.07. The van der Waals surface area contributed by atoms with Crippen LogP contribution in [0.3, 0.4) is 0 Å². The van der Waals surface area contributed by atoms with E-state index >= 15 is 0 Å². The minimum absolute atomic E-state index is 0.0914. The predicted molar refractivity (Wildman–Crippen MR) is 70.7 cm³/mol. The number of benzene rings is 1. The molecular formula is C12H14BrN3O. The average Bonchev–Trinajstić information content (AvgIpc) is 2.58. The molecule has 0 aliphatic carbocycles. The van der Waals surface area contributed by atoms with E-state index in [9.17, 15) is 4.79 Å². The molecule has 0 saturated heterocycles. The third-order valence-corrected chi connectivity index (χ3v) is 2.83. The van der Waals surface area contributed by atoms with E-state index in [0.29, 0.717) is 5.96 Å². The summed E-state index contributed by atoms with van der Waals surface area (Å²) in [5.74, 6) is 0.459. The van der Waals surface area contributed by atoms with Gasteiger partial charge in [0.05, 0.1) is 0 Å². The van der Waals surface area contributed by atoms with Crippen LogP contribution in [0.25, 0.3) is 0 Å². The molecule has 1 aromatic carbocycles. The summed E-state index contributed by atoms with van der Waals surface area (Å²) in [7, 11) is 0. The number of hydrogen-bond acceptors (Lipinski definition) is 3. The first-order chi connectivity index (χ1) is 8.06. The van der Waals surface area contributed by atoms with Crippen LogP contribution in [-0.4, -0.2) is 17.9 Å². The fourth-order valence-electron chi connectivity index (χ4n) is 1.65. The molecule has 0 fully saturated rings. The smallest absolute Gasteiger partial charge is 0.256 e. The molecule has 0 spiro atoms. The molecule has 1 aromatic rings. The highest BCUT2D eigenvalue weighted by Crippen LogP contribution is 2.23. The van der Waals surface area contributed by atoms with E-state index in [1.54, 1.807) is 0 Å². The Morgan fingerprint density at radius 3 is 2.88 bits per heavy atom. The molecule has 0 aromatic heterocycles. The van der Waals surface area contributed by atoms with Gasteiger partial charge in [-0.05, 0) is 31.5 Å². The van der Waals surface area contributed by atoms with Crippen molar-refractivity contribution in [1.82, 2.24) is 10.6 Å². The Labute approximate surface area is 109 Å². The zero-order valence-corrected chi connectivity index (χ0v) is 11.3. The second-order valence-corrected chi connectivity index (χ2v) is 5.14. The Morgan fingerprint density at radius 1 is 1.47 bits per heavy atom. The number of halogens is 1. The van der Waals surface area contributed by atoms with E-state index < -0.39 is 6.04 Å². The first kappa shape index (κ1) is 12.1. The van der Waals surface area contributed by atoms with Gasteiger partial charge >= 0.3 is 0 Å². The van der Waals surface area contributed by atoms with Crippen molar-refractivity contribution >= 4 is 27.8 Å². The fraction of sp³-hybridized carbons (Fsp3) is 0.333. The highest BCUT2D eigenvalue weighted by Gasteiger charge is 2.27. The molecule has 0 bridgehead atoms. The number of hydrogen-bond donors (Lipinski definition) is 2. The summed E-state index contributed by atoms with van der Waals surface area (Å²) in [5.41, 5.74) is 0.887. The Morgan fingerprint density at radius 2 is 2.24 bits per heavy atom. The molecule has 1 unspecified atom stereocenters. The fourth-order valence-corrected chi connectivity index (χ4v) is 2.07. The second kappa shape index (κ2) is 4.87. The van der Waals surface area contributed by atoms with Crippen molar-refractivity contribution < 1.29 is 4.79 Å². The molecule has 17 heavy (non-hydrogen) atoms. The quantitative estimate of drug-likeness (QED) is 0.876. The molecule has 90 valence electrons. The van der Waals surface area contributed by atoms with Crippen molar-refractivity contribution in [2.75, 3.05) is 0 Å². The first-order valence-electron chi connectivity index (χ1n) is 5.47. The third kappa shape index (κ3) is 2.85. The first-order valence-corrected chi connectivity index (χ1v) is 6.26. The summed E-state index contributed by atoms with van der Waals surface area (Å²) >= 11 is 3.39. The van der Waals surface area contributed by atoms with Crippen LogP contribution < -0.4 is 10.6 Å². The van der Waals surface area contributed by atoms with E-state index in [1.165, 1.54) is 0 Å². The zero-order chi connectivity index (χ0) is 12.4. The maximum absolute atomic E-state index is 11.8. The van der Waals surface area contributed by atoms with Crippen molar-refractivity contribution in [2.24, 2.45) is 4.99 Å². The summed E-state index contributed by atoms with van der Waals surface area (Å²) < 4.78 is 0.947. The number of amides is 1. The highest BCUT2D eigenvalue weighted by molar-refractivity contribution is 9.10. The molecule has 2 N–H and O–H groups in total. The van der Waals surface area contributed by atoms with Gasteiger partial charge in [-0.25, -0.2) is 4.99 Å². The Kier molecular flexibility index (Phi) is 3.47. The molecule has 1 atom stereocenters. The SMILES string of the molecule is CC(C)NC1=NC(c2cccc(Br)c2)C(=O)N1. The molecule has 1 amide bonds. The third-order valence-electron chi connectivity index (χ3n) is 2.34. The van der Waals surface area contributed by atoms with Gasteiger partial charge in [-0.3, -0.25) is 10.1 Å². The standard InChI is InChI=1S/C12H14BrN3O/c1-7(2)14-12-15-10(11(17)16-12)8-4-3-5-9(13)6-8/h3-7,10H,1-2H3,(H2,14,15,16,17). The molecule has 1 heterocycles. The highest BCUT2D eigenvalue weighted by atomic mass is 79.9. The lowest BCUT2D eigenvalue weighted by atomic mass is 10.1. The summed E-state index contributed by atoms with van der Waals surface area (Å²) in [5, 5.41) is 5.83. The van der Waals surface area contributed by atoms with Crippen LogP contribution in [0, 0.1) is 0 Å². The number of nitrogens with one attached hydrogen (secondary N) is 2. The van der Waals surface area contributed by atoms with Crippen LogP contribution >= 0.6 is 15.9 Å². The van der Waals surface area contributed by atoms with Gasteiger partial charge in [0.15, 0.2) is 12.0 Å². The Balaban J connectivity index is 2.21. The van der Waals surface area contributed by atoms with Gasteiger partial charge in [0.25, 0.3) is 5.91 Å². The minimum Gasteiger partial charge on any atom is -0.354 e. The predicted octanol–water partition coefficient (Wildman–Crippen LogP) is 1.97. The molecular weight excluding hydrogens is 282 g/mol. The molecule has 0 radical (unpaired) electrons. The number of nitrogens with zero attached hydrogens (tertiary/aromatic N) is 1. The molecule has 5 heteroatoms. The Hall–Kier alpha value is -1.36. The van der Waals surface area contributed by atoms with E-state index in [4.69, 9.17) is 0 Å². The van der Waals surface area contributed by atoms with Gasteiger partial charge in [-0.15, -0.1) is 0 Å². The molecule has 1 aliphatic rings. The van der Waals surface area contributed by atoms with E-state index in [-0.39, 0.29) is 11.9 Å². The number of aliphatic imine (C=N–C) groups is 1. The summed E-state index contributed by atoms with van der Waals surface area (Å²) in [6, 6.07) is 7.43. The molecule has 0 saturated carbocycles. The zero-order valence-electron chi connectivity index (χ0n) is 9.70. The van der Waals surface area contributed by atoms with E-state index in [2.05, 4.69) is 31.6 Å². The van der Waals surface area contributed by atoms with Crippen molar-refractivity contribution in [2.45, 2.75) is 25.9 Å². The lowest BCUT2D eigenvalue weighted by Crippen LogP contribution is -2.40. The monoisotopic (exact) mass is 295 g/mol. The van der Waals surface area contributed by atoms with Crippen molar-refractivity contribution in [3.63, 3.8) is 0 Å². The van der Waals surface area contributed by atoms with Crippen LogP contribution in [0.1, 0.15) is 25.5 Å². The van der Waals surface area contributed by atoms with E-state index in [1.807, 2.05) is 38.1 Å². The van der Waals surface area contributed by atoms with Gasteiger partial charge in [0.1, 0.15) is 0 Å². The topological polar surface area (TPSA) is 53.5 Å². The van der Waals surface area contributed by atoms with E-state index in [0.717, 1.165) is 10.0 Å². The Bertz CT molecular complexity index is 471. The van der Waals surface area contributed by atoms with Crippen LogP contribution in [0.5, 0.6) is 0 Å². The number of carbonyl (C=O) groups excluding carboxylic acids is 1. The number of carbonyl (C=O) groups is 1. The molecule has 2 rings (SSSR count). The summed E-state index contributed by atoms with van der Waals surface area (Å²) in [6.45, 7) is 4.00. The maximum Gasteiger partial charge on any atom is 0.256 e.